The first-order chi connectivity index (χ1) is 9.17. The lowest BCUT2D eigenvalue weighted by Gasteiger charge is -2.44. The minimum atomic E-state index is 0.0720. The first kappa shape index (κ1) is 11.5. The second kappa shape index (κ2) is 3.86. The van der Waals surface area contributed by atoms with E-state index in [0.717, 1.165) is 12.8 Å². The summed E-state index contributed by atoms with van der Waals surface area (Å²) in [7, 11) is 0. The lowest BCUT2D eigenvalue weighted by molar-refractivity contribution is 0.237. The van der Waals surface area contributed by atoms with Gasteiger partial charge in [-0.1, -0.05) is 18.6 Å². The third-order valence-corrected chi connectivity index (χ3v) is 5.61. The molecule has 1 aromatic rings. The summed E-state index contributed by atoms with van der Waals surface area (Å²) in [4.78, 5) is 0. The van der Waals surface area contributed by atoms with Crippen molar-refractivity contribution in [2.24, 2.45) is 17.6 Å². The molecule has 0 radical (unpaired) electrons. The molecule has 2 nitrogen and oxygen atoms in total. The summed E-state index contributed by atoms with van der Waals surface area (Å²) in [6.45, 7) is 0. The quantitative estimate of drug-likeness (QED) is 0.747. The van der Waals surface area contributed by atoms with Crippen molar-refractivity contribution in [2.75, 3.05) is 0 Å². The van der Waals surface area contributed by atoms with Crippen LogP contribution < -0.4 is 5.73 Å². The Bertz CT molecular complexity index is 562. The number of phenols is 1. The number of aromatic hydroxyl groups is 1. The maximum Gasteiger partial charge on any atom is 0.115 e. The van der Waals surface area contributed by atoms with Crippen molar-refractivity contribution in [1.82, 2.24) is 0 Å². The fourth-order valence-corrected chi connectivity index (χ4v) is 4.69. The number of aryl methyl sites for hydroxylation is 1. The first-order valence-corrected chi connectivity index (χ1v) is 7.49. The van der Waals surface area contributed by atoms with Crippen LogP contribution >= 0.6 is 0 Å². The molecule has 3 N–H and O–H groups in total. The average molecular weight is 255 g/mol. The summed E-state index contributed by atoms with van der Waals surface area (Å²) in [5.41, 5.74) is 10.9. The van der Waals surface area contributed by atoms with E-state index in [1.165, 1.54) is 42.4 Å². The summed E-state index contributed by atoms with van der Waals surface area (Å²) in [5, 5.41) is 9.64. The lowest BCUT2D eigenvalue weighted by atomic mass is 9.63. The average Bonchev–Trinajstić information content (AvgIpc) is 2.79. The van der Waals surface area contributed by atoms with Crippen LogP contribution in [0.1, 0.15) is 43.2 Å². The van der Waals surface area contributed by atoms with Crippen LogP contribution in [0.4, 0.5) is 0 Å². The molecular weight excluding hydrogens is 234 g/mol. The minimum absolute atomic E-state index is 0.0720. The van der Waals surface area contributed by atoms with Crippen molar-refractivity contribution in [1.29, 1.82) is 0 Å². The molecule has 0 amide bonds. The molecule has 1 aromatic carbocycles. The molecule has 0 spiro atoms. The molecule has 4 rings (SSSR count). The molecule has 1 saturated carbocycles. The Morgan fingerprint density at radius 3 is 3.05 bits per heavy atom. The van der Waals surface area contributed by atoms with E-state index >= 15 is 0 Å². The van der Waals surface area contributed by atoms with Gasteiger partial charge in [-0.05, 0) is 72.8 Å². The molecule has 0 aliphatic heterocycles. The number of hydrogen-bond donors (Lipinski definition) is 2. The molecule has 100 valence electrons. The maximum absolute atomic E-state index is 9.64. The normalized spacial score (nSPS) is 36.2. The van der Waals surface area contributed by atoms with Gasteiger partial charge in [0.05, 0.1) is 0 Å². The standard InChI is InChI=1S/C17H21NO/c18-17-8-1-2-16(17)15-5-3-11-10-12(19)4-6-13(11)14(15)7-9-17/h4,6-7,10,15-16,19H,1-3,5,8-9,18H2. The summed E-state index contributed by atoms with van der Waals surface area (Å²) >= 11 is 0. The fraction of sp³-hybridized carbons (Fsp3) is 0.529. The van der Waals surface area contributed by atoms with Gasteiger partial charge in [0, 0.05) is 5.54 Å². The minimum Gasteiger partial charge on any atom is -0.508 e. The smallest absolute Gasteiger partial charge is 0.115 e. The van der Waals surface area contributed by atoms with Crippen LogP contribution in [0.25, 0.3) is 5.57 Å². The van der Waals surface area contributed by atoms with Crippen molar-refractivity contribution in [3.05, 3.63) is 35.4 Å². The van der Waals surface area contributed by atoms with Crippen molar-refractivity contribution in [3.8, 4) is 5.75 Å². The van der Waals surface area contributed by atoms with Crippen molar-refractivity contribution in [2.45, 2.75) is 44.1 Å². The molecule has 0 saturated heterocycles. The summed E-state index contributed by atoms with van der Waals surface area (Å²) in [6.07, 6.45) is 9.49. The predicted molar refractivity (Wildman–Crippen MR) is 76.8 cm³/mol. The van der Waals surface area contributed by atoms with Crippen LogP contribution in [-0.2, 0) is 6.42 Å². The Kier molecular flexibility index (Phi) is 2.34. The van der Waals surface area contributed by atoms with Crippen molar-refractivity contribution in [3.63, 3.8) is 0 Å². The van der Waals surface area contributed by atoms with Crippen LogP contribution in [0.15, 0.2) is 24.3 Å². The zero-order valence-corrected chi connectivity index (χ0v) is 11.2. The highest BCUT2D eigenvalue weighted by Crippen LogP contribution is 2.53. The number of nitrogens with two attached hydrogens (primary N) is 1. The second-order valence-electron chi connectivity index (χ2n) is 6.58. The van der Waals surface area contributed by atoms with Gasteiger partial charge in [0.15, 0.2) is 0 Å². The molecule has 0 heterocycles. The van der Waals surface area contributed by atoms with Gasteiger partial charge in [0.2, 0.25) is 0 Å². The third kappa shape index (κ3) is 1.59. The van der Waals surface area contributed by atoms with Crippen molar-refractivity contribution < 1.29 is 5.11 Å². The summed E-state index contributed by atoms with van der Waals surface area (Å²) in [5.74, 6) is 1.72. The Balaban J connectivity index is 1.80. The number of allylic oxidation sites excluding steroid dienone is 1. The molecule has 3 unspecified atom stereocenters. The molecular formula is C17H21NO. The number of phenolic OH excluding ortho intramolecular Hbond substituents is 1. The van der Waals surface area contributed by atoms with Gasteiger partial charge in [-0.15, -0.1) is 0 Å². The largest absolute Gasteiger partial charge is 0.508 e. The number of rotatable bonds is 0. The zero-order valence-electron chi connectivity index (χ0n) is 11.2. The number of fused-ring (bicyclic) bond motifs is 5. The highest BCUT2D eigenvalue weighted by molar-refractivity contribution is 5.74. The van der Waals surface area contributed by atoms with E-state index in [4.69, 9.17) is 5.73 Å². The zero-order chi connectivity index (χ0) is 13.0. The molecule has 3 atom stereocenters. The molecule has 1 fully saturated rings. The van der Waals surface area contributed by atoms with Gasteiger partial charge in [0.25, 0.3) is 0 Å². The SMILES string of the molecule is NC12CC=C3c4ccc(O)cc4CCC3C1CCC2. The first-order valence-electron chi connectivity index (χ1n) is 7.49. The van der Waals surface area contributed by atoms with Gasteiger partial charge < -0.3 is 10.8 Å². The van der Waals surface area contributed by atoms with Crippen LogP contribution in [0.3, 0.4) is 0 Å². The van der Waals surface area contributed by atoms with Gasteiger partial charge in [-0.2, -0.15) is 0 Å². The topological polar surface area (TPSA) is 46.2 Å². The van der Waals surface area contributed by atoms with Gasteiger partial charge >= 0.3 is 0 Å². The molecule has 3 aliphatic rings. The van der Waals surface area contributed by atoms with E-state index < -0.39 is 0 Å². The molecule has 3 aliphatic carbocycles. The van der Waals surface area contributed by atoms with E-state index in [1.807, 2.05) is 12.1 Å². The van der Waals surface area contributed by atoms with Crippen LogP contribution in [0, 0.1) is 11.8 Å². The second-order valence-corrected chi connectivity index (χ2v) is 6.58. The summed E-state index contributed by atoms with van der Waals surface area (Å²) < 4.78 is 0. The highest BCUT2D eigenvalue weighted by atomic mass is 16.3. The Hall–Kier alpha value is -1.28. The highest BCUT2D eigenvalue weighted by Gasteiger charge is 2.47. The Morgan fingerprint density at radius 2 is 2.16 bits per heavy atom. The monoisotopic (exact) mass is 255 g/mol. The predicted octanol–water partition coefficient (Wildman–Crippen LogP) is 3.24. The van der Waals surface area contributed by atoms with E-state index in [2.05, 4.69) is 12.1 Å². The van der Waals surface area contributed by atoms with E-state index in [9.17, 15) is 5.11 Å². The molecule has 2 heteroatoms. The molecule has 19 heavy (non-hydrogen) atoms. The van der Waals surface area contributed by atoms with Crippen LogP contribution in [0.2, 0.25) is 0 Å². The van der Waals surface area contributed by atoms with Gasteiger partial charge in [-0.3, -0.25) is 0 Å². The van der Waals surface area contributed by atoms with E-state index in [0.29, 0.717) is 17.6 Å². The number of hydrogen-bond acceptors (Lipinski definition) is 2. The van der Waals surface area contributed by atoms with Crippen LogP contribution in [-0.4, -0.2) is 10.6 Å². The molecule has 0 bridgehead atoms. The van der Waals surface area contributed by atoms with Crippen LogP contribution in [0.5, 0.6) is 5.75 Å². The van der Waals surface area contributed by atoms with Gasteiger partial charge in [0.1, 0.15) is 5.75 Å². The number of benzene rings is 1. The maximum atomic E-state index is 9.64. The fourth-order valence-electron chi connectivity index (χ4n) is 4.69. The van der Waals surface area contributed by atoms with Crippen molar-refractivity contribution >= 4 is 5.57 Å². The summed E-state index contributed by atoms with van der Waals surface area (Å²) in [6, 6.07) is 5.85. The Morgan fingerprint density at radius 1 is 1.26 bits per heavy atom. The third-order valence-electron chi connectivity index (χ3n) is 5.61. The van der Waals surface area contributed by atoms with E-state index in [1.54, 1.807) is 0 Å². The lowest BCUT2D eigenvalue weighted by Crippen LogP contribution is -2.48. The Labute approximate surface area is 114 Å². The van der Waals surface area contributed by atoms with E-state index in [-0.39, 0.29) is 5.54 Å². The van der Waals surface area contributed by atoms with Gasteiger partial charge in [-0.25, -0.2) is 0 Å². The molecule has 0 aromatic heterocycles.